The van der Waals surface area contributed by atoms with Crippen molar-refractivity contribution in [3.8, 4) is 0 Å². The van der Waals surface area contributed by atoms with Gasteiger partial charge >= 0.3 is 0 Å². The van der Waals surface area contributed by atoms with Gasteiger partial charge in [0.25, 0.3) is 0 Å². The maximum atomic E-state index is 9.41. The molecule has 0 bridgehead atoms. The van der Waals surface area contributed by atoms with Gasteiger partial charge in [0.05, 0.1) is 6.61 Å². The largest absolute Gasteiger partial charge is 0.392 e. The fourth-order valence-corrected chi connectivity index (χ4v) is 5.01. The maximum absolute atomic E-state index is 9.41. The Morgan fingerprint density at radius 3 is 2.36 bits per heavy atom. The zero-order valence-electron chi connectivity index (χ0n) is 15.2. The van der Waals surface area contributed by atoms with Crippen LogP contribution in [0.4, 0.5) is 0 Å². The van der Waals surface area contributed by atoms with E-state index in [2.05, 4.69) is 62.4 Å². The predicted octanol–water partition coefficient (Wildman–Crippen LogP) is 5.48. The summed E-state index contributed by atoms with van der Waals surface area (Å²) >= 11 is 0. The van der Waals surface area contributed by atoms with Crippen LogP contribution in [0, 0.1) is 13.8 Å². The lowest BCUT2D eigenvalue weighted by Gasteiger charge is -2.28. The van der Waals surface area contributed by atoms with Crippen LogP contribution in [-0.2, 0) is 5.41 Å². The van der Waals surface area contributed by atoms with E-state index in [9.17, 15) is 5.11 Å². The zero-order valence-corrected chi connectivity index (χ0v) is 15.2. The van der Waals surface area contributed by atoms with E-state index >= 15 is 0 Å². The van der Waals surface area contributed by atoms with Gasteiger partial charge in [0.2, 0.25) is 0 Å². The molecular formula is C24H26O. The Morgan fingerprint density at radius 1 is 1.00 bits per heavy atom. The van der Waals surface area contributed by atoms with E-state index in [4.69, 9.17) is 0 Å². The van der Waals surface area contributed by atoms with E-state index in [1.807, 2.05) is 6.08 Å². The second-order valence-corrected chi connectivity index (χ2v) is 7.58. The number of aliphatic hydroxyl groups excluding tert-OH is 1. The Hall–Kier alpha value is -2.12. The van der Waals surface area contributed by atoms with Crippen molar-refractivity contribution in [2.45, 2.75) is 44.9 Å². The number of fused-ring (bicyclic) bond motifs is 2. The Kier molecular flexibility index (Phi) is 4.13. The van der Waals surface area contributed by atoms with E-state index in [0.717, 1.165) is 0 Å². The Labute approximate surface area is 150 Å². The predicted molar refractivity (Wildman–Crippen MR) is 105 cm³/mol. The number of aryl methyl sites for hydroxylation is 2. The van der Waals surface area contributed by atoms with Gasteiger partial charge in [0.15, 0.2) is 0 Å². The normalized spacial score (nSPS) is 18.5. The molecule has 1 N–H and O–H groups in total. The highest BCUT2D eigenvalue weighted by Gasteiger charge is 2.45. The van der Waals surface area contributed by atoms with Crippen molar-refractivity contribution in [1.82, 2.24) is 0 Å². The lowest BCUT2D eigenvalue weighted by molar-refractivity contribution is 0.342. The average Bonchev–Trinajstić information content (AvgIpc) is 3.17. The summed E-state index contributed by atoms with van der Waals surface area (Å²) in [5.41, 5.74) is 9.70. The third kappa shape index (κ3) is 2.58. The van der Waals surface area contributed by atoms with Crippen LogP contribution >= 0.6 is 0 Å². The molecule has 1 nitrogen and oxygen atoms in total. The third-order valence-corrected chi connectivity index (χ3v) is 5.85. The smallest absolute Gasteiger partial charge is 0.0615 e. The van der Waals surface area contributed by atoms with Crippen molar-refractivity contribution in [2.24, 2.45) is 0 Å². The number of aliphatic hydroxyl groups is 1. The van der Waals surface area contributed by atoms with E-state index in [-0.39, 0.29) is 12.0 Å². The molecular weight excluding hydrogens is 304 g/mol. The van der Waals surface area contributed by atoms with Crippen LogP contribution in [0.2, 0.25) is 0 Å². The molecule has 1 spiro atoms. The van der Waals surface area contributed by atoms with Gasteiger partial charge in [0.1, 0.15) is 0 Å². The second kappa shape index (κ2) is 6.31. The summed E-state index contributed by atoms with van der Waals surface area (Å²) in [6.07, 6.45) is 9.09. The first-order valence-electron chi connectivity index (χ1n) is 9.36. The van der Waals surface area contributed by atoms with Gasteiger partial charge in [-0.2, -0.15) is 0 Å². The Balaban J connectivity index is 2.03. The van der Waals surface area contributed by atoms with Crippen LogP contribution in [-0.4, -0.2) is 11.7 Å². The number of allylic oxidation sites excluding steroid dienone is 2. The minimum atomic E-state index is 0.0933. The highest BCUT2D eigenvalue weighted by molar-refractivity contribution is 5.92. The molecule has 0 unspecified atom stereocenters. The van der Waals surface area contributed by atoms with Crippen LogP contribution in [0.3, 0.4) is 0 Å². The standard InChI is InChI=1S/C24H26O/c1-17-14-18(2)16-19(15-17)23-20-8-3-4-9-21(20)24(11-5-6-12-24)22(23)10-7-13-25/h3-4,7-10,14-16,25H,5-6,11-13H2,1-2H3. The number of rotatable bonds is 3. The number of benzene rings is 2. The van der Waals surface area contributed by atoms with E-state index in [1.54, 1.807) is 0 Å². The SMILES string of the molecule is Cc1cc(C)cc(C2=C(C=CCO)C3(CCCC3)c3ccccc32)c1. The van der Waals surface area contributed by atoms with Crippen molar-refractivity contribution in [3.05, 3.63) is 88.0 Å². The molecule has 2 aromatic carbocycles. The quantitative estimate of drug-likeness (QED) is 0.790. The summed E-state index contributed by atoms with van der Waals surface area (Å²) in [6, 6.07) is 15.8. The monoisotopic (exact) mass is 330 g/mol. The van der Waals surface area contributed by atoms with Gasteiger partial charge in [-0.15, -0.1) is 0 Å². The van der Waals surface area contributed by atoms with Crippen molar-refractivity contribution < 1.29 is 5.11 Å². The van der Waals surface area contributed by atoms with Gasteiger partial charge < -0.3 is 5.11 Å². The molecule has 4 rings (SSSR count). The molecule has 1 heteroatoms. The highest BCUT2D eigenvalue weighted by atomic mass is 16.2. The lowest BCUT2D eigenvalue weighted by atomic mass is 9.75. The van der Waals surface area contributed by atoms with E-state index < -0.39 is 0 Å². The van der Waals surface area contributed by atoms with Crippen molar-refractivity contribution in [3.63, 3.8) is 0 Å². The van der Waals surface area contributed by atoms with Gasteiger partial charge in [0, 0.05) is 5.41 Å². The first kappa shape index (κ1) is 16.4. The molecule has 128 valence electrons. The van der Waals surface area contributed by atoms with Crippen LogP contribution in [0.1, 0.15) is 53.5 Å². The van der Waals surface area contributed by atoms with Crippen LogP contribution in [0.25, 0.3) is 5.57 Å². The minimum Gasteiger partial charge on any atom is -0.392 e. The molecule has 0 aliphatic heterocycles. The Bertz CT molecular complexity index is 843. The number of hydrogen-bond donors (Lipinski definition) is 1. The molecule has 0 radical (unpaired) electrons. The third-order valence-electron chi connectivity index (χ3n) is 5.85. The summed E-state index contributed by atoms with van der Waals surface area (Å²) in [4.78, 5) is 0. The van der Waals surface area contributed by atoms with E-state index in [0.29, 0.717) is 0 Å². The molecule has 0 saturated heterocycles. The van der Waals surface area contributed by atoms with Crippen molar-refractivity contribution in [2.75, 3.05) is 6.61 Å². The summed E-state index contributed by atoms with van der Waals surface area (Å²) < 4.78 is 0. The fraction of sp³-hybridized carbons (Fsp3) is 0.333. The molecule has 2 aliphatic rings. The Morgan fingerprint density at radius 2 is 1.68 bits per heavy atom. The molecule has 25 heavy (non-hydrogen) atoms. The molecule has 1 fully saturated rings. The highest BCUT2D eigenvalue weighted by Crippen LogP contribution is 2.57. The first-order valence-corrected chi connectivity index (χ1v) is 9.36. The zero-order chi connectivity index (χ0) is 17.4. The molecule has 1 saturated carbocycles. The van der Waals surface area contributed by atoms with Gasteiger partial charge in [-0.05, 0) is 54.5 Å². The lowest BCUT2D eigenvalue weighted by Crippen LogP contribution is -2.21. The van der Waals surface area contributed by atoms with Gasteiger partial charge in [-0.25, -0.2) is 0 Å². The van der Waals surface area contributed by atoms with E-state index in [1.165, 1.54) is 64.6 Å². The van der Waals surface area contributed by atoms with Crippen LogP contribution in [0.5, 0.6) is 0 Å². The average molecular weight is 330 g/mol. The minimum absolute atomic E-state index is 0.0933. The number of hydrogen-bond acceptors (Lipinski definition) is 1. The molecule has 0 aromatic heterocycles. The summed E-state index contributed by atoms with van der Waals surface area (Å²) in [5.74, 6) is 0. The molecule has 0 amide bonds. The fourth-order valence-electron chi connectivity index (χ4n) is 5.01. The molecule has 0 atom stereocenters. The van der Waals surface area contributed by atoms with Crippen LogP contribution < -0.4 is 0 Å². The summed E-state index contributed by atoms with van der Waals surface area (Å²) in [5, 5.41) is 9.41. The molecule has 0 heterocycles. The van der Waals surface area contributed by atoms with Gasteiger partial charge in [-0.3, -0.25) is 0 Å². The maximum Gasteiger partial charge on any atom is 0.0615 e. The summed E-state index contributed by atoms with van der Waals surface area (Å²) in [7, 11) is 0. The van der Waals surface area contributed by atoms with Crippen molar-refractivity contribution in [1.29, 1.82) is 0 Å². The van der Waals surface area contributed by atoms with Crippen molar-refractivity contribution >= 4 is 5.57 Å². The molecule has 2 aromatic rings. The topological polar surface area (TPSA) is 20.2 Å². The van der Waals surface area contributed by atoms with Gasteiger partial charge in [-0.1, -0.05) is 78.6 Å². The summed E-state index contributed by atoms with van der Waals surface area (Å²) in [6.45, 7) is 4.44. The van der Waals surface area contributed by atoms with Crippen LogP contribution in [0.15, 0.2) is 60.2 Å². The first-order chi connectivity index (χ1) is 12.2. The second-order valence-electron chi connectivity index (χ2n) is 7.58. The molecule has 2 aliphatic carbocycles.